The Kier molecular flexibility index (Phi) is 6.46. The van der Waals surface area contributed by atoms with Crippen LogP contribution in [0.25, 0.3) is 22.6 Å². The van der Waals surface area contributed by atoms with Crippen molar-refractivity contribution in [2.75, 3.05) is 25.0 Å². The minimum Gasteiger partial charge on any atom is -0.465 e. The van der Waals surface area contributed by atoms with Gasteiger partial charge in [0.1, 0.15) is 5.76 Å². The number of carboxylic acid groups (broad SMARTS) is 1. The summed E-state index contributed by atoms with van der Waals surface area (Å²) >= 11 is 0. The number of furan rings is 1. The summed E-state index contributed by atoms with van der Waals surface area (Å²) in [7, 11) is 1.19. The van der Waals surface area contributed by atoms with Crippen molar-refractivity contribution in [2.24, 2.45) is 0 Å². The lowest BCUT2D eigenvalue weighted by Crippen LogP contribution is -2.42. The van der Waals surface area contributed by atoms with Gasteiger partial charge in [-0.25, -0.2) is 13.6 Å². The van der Waals surface area contributed by atoms with Crippen molar-refractivity contribution in [2.45, 2.75) is 24.9 Å². The summed E-state index contributed by atoms with van der Waals surface area (Å²) < 4.78 is 73.7. The average molecular weight is 509 g/mol. The highest BCUT2D eigenvalue weighted by molar-refractivity contribution is 5.94. The summed E-state index contributed by atoms with van der Waals surface area (Å²) in [6.45, 7) is -0.193. The smallest absolute Gasteiger partial charge is 0.417 e. The maximum atomic E-state index is 13.9. The number of likely N-dealkylation sites (tertiary alicyclic amines) is 1. The molecule has 0 bridgehead atoms. The van der Waals surface area contributed by atoms with E-state index in [-0.39, 0.29) is 47.1 Å². The van der Waals surface area contributed by atoms with Crippen molar-refractivity contribution >= 4 is 17.9 Å². The number of nitrogens with zero attached hydrogens (tertiary/aromatic N) is 3. The lowest BCUT2D eigenvalue weighted by Gasteiger charge is -2.31. The number of rotatable bonds is 4. The zero-order valence-corrected chi connectivity index (χ0v) is 18.9. The van der Waals surface area contributed by atoms with E-state index in [1.807, 2.05) is 0 Å². The van der Waals surface area contributed by atoms with Crippen LogP contribution < -0.4 is 4.90 Å². The Bertz CT molecular complexity index is 1280. The van der Waals surface area contributed by atoms with Gasteiger partial charge in [-0.3, -0.25) is 14.7 Å². The number of hydrogen-bond acceptors (Lipinski definition) is 4. The first-order valence-corrected chi connectivity index (χ1v) is 10.8. The highest BCUT2D eigenvalue weighted by Crippen LogP contribution is 2.40. The molecular formula is C24H20F5N3O4. The third-order valence-corrected chi connectivity index (χ3v) is 5.89. The van der Waals surface area contributed by atoms with Gasteiger partial charge < -0.3 is 14.4 Å². The molecule has 1 aliphatic rings. The number of carbonyl (C=O) groups is 2. The molecule has 12 heteroatoms. The largest absolute Gasteiger partial charge is 0.465 e. The molecule has 2 amide bonds. The van der Waals surface area contributed by atoms with Gasteiger partial charge in [-0.2, -0.15) is 13.2 Å². The third-order valence-electron chi connectivity index (χ3n) is 5.89. The van der Waals surface area contributed by atoms with E-state index in [2.05, 4.69) is 4.98 Å². The van der Waals surface area contributed by atoms with Crippen LogP contribution in [0.3, 0.4) is 0 Å². The topological polar surface area (TPSA) is 86.9 Å². The second kappa shape index (κ2) is 9.25. The summed E-state index contributed by atoms with van der Waals surface area (Å²) in [6, 6.07) is 8.73. The van der Waals surface area contributed by atoms with Crippen LogP contribution in [0, 0.1) is 0 Å². The molecule has 36 heavy (non-hydrogen) atoms. The van der Waals surface area contributed by atoms with Crippen molar-refractivity contribution in [1.82, 2.24) is 9.88 Å². The van der Waals surface area contributed by atoms with Crippen LogP contribution in [-0.4, -0.2) is 53.1 Å². The summed E-state index contributed by atoms with van der Waals surface area (Å²) in [5, 5.41) is 9.04. The first kappa shape index (κ1) is 25.1. The van der Waals surface area contributed by atoms with E-state index in [9.17, 15) is 31.5 Å². The monoisotopic (exact) mass is 509 g/mol. The maximum Gasteiger partial charge on any atom is 0.417 e. The Morgan fingerprint density at radius 1 is 1.08 bits per heavy atom. The predicted octanol–water partition coefficient (Wildman–Crippen LogP) is 6.01. The summed E-state index contributed by atoms with van der Waals surface area (Å²) in [6.07, 6.45) is -5.76. The number of carbonyl (C=O) groups excluding carboxylic acids is 1. The van der Waals surface area contributed by atoms with Gasteiger partial charge in [0, 0.05) is 56.4 Å². The second-order valence-electron chi connectivity index (χ2n) is 8.32. The Morgan fingerprint density at radius 2 is 1.78 bits per heavy atom. The number of amides is 2. The highest BCUT2D eigenvalue weighted by Gasteiger charge is 2.36. The number of piperidine rings is 1. The molecule has 1 N–H and O–H groups in total. The van der Waals surface area contributed by atoms with Crippen molar-refractivity contribution in [3.8, 4) is 22.6 Å². The Balaban J connectivity index is 1.60. The van der Waals surface area contributed by atoms with E-state index >= 15 is 0 Å². The summed E-state index contributed by atoms with van der Waals surface area (Å²) in [5.74, 6) is -3.59. The number of benzene rings is 1. The molecule has 1 aromatic carbocycles. The molecule has 3 heterocycles. The fraction of sp³-hybridized carbons (Fsp3) is 0.292. The first-order valence-electron chi connectivity index (χ1n) is 10.8. The zero-order chi connectivity index (χ0) is 26.3. The zero-order valence-electron chi connectivity index (χ0n) is 18.9. The number of halogens is 5. The minimum atomic E-state index is -4.76. The van der Waals surface area contributed by atoms with Gasteiger partial charge in [0.2, 0.25) is 5.88 Å². The molecule has 1 aliphatic heterocycles. The Morgan fingerprint density at radius 3 is 2.36 bits per heavy atom. The van der Waals surface area contributed by atoms with Crippen LogP contribution in [0.2, 0.25) is 0 Å². The second-order valence-corrected chi connectivity index (χ2v) is 8.32. The summed E-state index contributed by atoms with van der Waals surface area (Å²) in [4.78, 5) is 29.8. The molecule has 7 nitrogen and oxygen atoms in total. The van der Waals surface area contributed by atoms with Crippen molar-refractivity contribution in [1.29, 1.82) is 0 Å². The SMILES string of the molecule is CN(C(=O)O)c1ccc(-c2ccc(-c3ccc(C(=O)N4CCC(F)(F)CC4)cn3)cc2C(F)(F)F)o1. The number of hydrogen-bond donors (Lipinski definition) is 1. The molecule has 0 aliphatic carbocycles. The molecule has 0 atom stereocenters. The predicted molar refractivity (Wildman–Crippen MR) is 119 cm³/mol. The van der Waals surface area contributed by atoms with E-state index < -0.39 is 42.5 Å². The molecule has 1 fully saturated rings. The van der Waals surface area contributed by atoms with Gasteiger partial charge in [-0.1, -0.05) is 6.07 Å². The van der Waals surface area contributed by atoms with E-state index in [0.717, 1.165) is 11.0 Å². The van der Waals surface area contributed by atoms with Crippen molar-refractivity contribution in [3.63, 3.8) is 0 Å². The third kappa shape index (κ3) is 5.16. The van der Waals surface area contributed by atoms with Crippen LogP contribution in [0.5, 0.6) is 0 Å². The van der Waals surface area contributed by atoms with Crippen LogP contribution in [-0.2, 0) is 6.18 Å². The molecule has 0 radical (unpaired) electrons. The van der Waals surface area contributed by atoms with E-state index in [4.69, 9.17) is 9.52 Å². The quantitative estimate of drug-likeness (QED) is 0.435. The highest BCUT2D eigenvalue weighted by atomic mass is 19.4. The first-order chi connectivity index (χ1) is 16.9. The van der Waals surface area contributed by atoms with Gasteiger partial charge in [0.15, 0.2) is 0 Å². The lowest BCUT2D eigenvalue weighted by molar-refractivity contribution is -0.137. The van der Waals surface area contributed by atoms with Gasteiger partial charge in [0.05, 0.1) is 16.8 Å². The molecular weight excluding hydrogens is 489 g/mol. The van der Waals surface area contributed by atoms with E-state index in [1.165, 1.54) is 54.5 Å². The number of aromatic nitrogens is 1. The average Bonchev–Trinajstić information content (AvgIpc) is 3.32. The lowest BCUT2D eigenvalue weighted by atomic mass is 9.99. The van der Waals surface area contributed by atoms with Gasteiger partial charge in [0.25, 0.3) is 11.8 Å². The fourth-order valence-electron chi connectivity index (χ4n) is 3.81. The van der Waals surface area contributed by atoms with Gasteiger partial charge >= 0.3 is 12.3 Å². The Labute approximate surface area is 201 Å². The van der Waals surface area contributed by atoms with Gasteiger partial charge in [-0.15, -0.1) is 0 Å². The van der Waals surface area contributed by atoms with Crippen LogP contribution in [0.4, 0.5) is 32.6 Å². The van der Waals surface area contributed by atoms with Crippen LogP contribution in [0.1, 0.15) is 28.8 Å². The molecule has 0 unspecified atom stereocenters. The van der Waals surface area contributed by atoms with Crippen molar-refractivity contribution < 1.29 is 41.1 Å². The molecule has 0 saturated carbocycles. The maximum absolute atomic E-state index is 13.9. The molecule has 3 aromatic rings. The fourth-order valence-corrected chi connectivity index (χ4v) is 3.81. The molecule has 190 valence electrons. The minimum absolute atomic E-state index is 0.0965. The van der Waals surface area contributed by atoms with Crippen molar-refractivity contribution in [3.05, 3.63) is 59.8 Å². The molecule has 0 spiro atoms. The Hall–Kier alpha value is -3.96. The number of pyridine rings is 1. The number of alkyl halides is 5. The van der Waals surface area contributed by atoms with Gasteiger partial charge in [-0.05, 0) is 30.3 Å². The van der Waals surface area contributed by atoms with E-state index in [1.54, 1.807) is 0 Å². The molecule has 4 rings (SSSR count). The standard InChI is InChI=1S/C24H20F5N3O4/c1-31(22(34)35)20-7-6-19(36-20)16-4-2-14(12-17(16)24(27,28)29)18-5-3-15(13-30-18)21(33)32-10-8-23(25,26)9-11-32/h2-7,12-13H,8-11H2,1H3,(H,34,35). The van der Waals surface area contributed by atoms with Crippen LogP contribution >= 0.6 is 0 Å². The van der Waals surface area contributed by atoms with E-state index in [0.29, 0.717) is 0 Å². The normalized spacial score (nSPS) is 15.6. The number of anilines is 1. The molecule has 1 saturated heterocycles. The molecule has 2 aromatic heterocycles. The summed E-state index contributed by atoms with van der Waals surface area (Å²) in [5.41, 5.74) is -0.876. The van der Waals surface area contributed by atoms with Crippen LogP contribution in [0.15, 0.2) is 53.1 Å².